The summed E-state index contributed by atoms with van der Waals surface area (Å²) in [5.74, 6) is -0.883. The van der Waals surface area contributed by atoms with E-state index in [0.717, 1.165) is 18.4 Å². The van der Waals surface area contributed by atoms with Crippen LogP contribution in [-0.2, 0) is 25.5 Å². The van der Waals surface area contributed by atoms with Crippen LogP contribution in [0, 0.1) is 5.82 Å². The fraction of sp³-hybridized carbons (Fsp3) is 0.643. The van der Waals surface area contributed by atoms with Gasteiger partial charge in [-0.1, -0.05) is 12.1 Å². The van der Waals surface area contributed by atoms with Crippen LogP contribution in [0.4, 0.5) is 4.39 Å². The van der Waals surface area contributed by atoms with Crippen LogP contribution in [0.5, 0.6) is 0 Å². The number of nitrogens with one attached hydrogen (secondary N) is 2. The molecule has 10 nitrogen and oxygen atoms in total. The van der Waals surface area contributed by atoms with Crippen LogP contribution < -0.4 is 10.6 Å². The number of rotatable bonds is 13. The third-order valence-electron chi connectivity index (χ3n) is 7.47. The number of ether oxygens (including phenoxy) is 1. The zero-order chi connectivity index (χ0) is 28.5. The summed E-state index contributed by atoms with van der Waals surface area (Å²) in [6.07, 6.45) is 3.26. The van der Waals surface area contributed by atoms with Gasteiger partial charge in [-0.15, -0.1) is 0 Å². The maximum atomic E-state index is 13.8. The molecule has 1 aromatic carbocycles. The number of hydrogen-bond donors (Lipinski definition) is 2. The van der Waals surface area contributed by atoms with Gasteiger partial charge in [0.2, 0.25) is 17.7 Å². The van der Waals surface area contributed by atoms with Crippen LogP contribution in [-0.4, -0.2) is 116 Å². The number of nitrogens with zero attached hydrogens (tertiary/aromatic N) is 4. The predicted molar refractivity (Wildman–Crippen MR) is 148 cm³/mol. The van der Waals surface area contributed by atoms with Crippen LogP contribution in [0.2, 0.25) is 0 Å². The van der Waals surface area contributed by atoms with Gasteiger partial charge < -0.3 is 30.1 Å². The molecule has 0 saturated carbocycles. The van der Waals surface area contributed by atoms with Gasteiger partial charge in [0.1, 0.15) is 17.9 Å². The Hall–Kier alpha value is -3.05. The molecule has 11 heteroatoms. The first-order chi connectivity index (χ1) is 18.6. The lowest BCUT2D eigenvalue weighted by Crippen LogP contribution is -2.59. The van der Waals surface area contributed by atoms with Crippen LogP contribution in [0.3, 0.4) is 0 Å². The van der Waals surface area contributed by atoms with Crippen molar-refractivity contribution in [2.45, 2.75) is 70.3 Å². The summed E-state index contributed by atoms with van der Waals surface area (Å²) in [4.78, 5) is 49.9. The van der Waals surface area contributed by atoms with E-state index in [4.69, 9.17) is 4.74 Å². The lowest BCUT2D eigenvalue weighted by molar-refractivity contribution is -0.143. The summed E-state index contributed by atoms with van der Waals surface area (Å²) in [6.45, 7) is 7.61. The first-order valence-electron chi connectivity index (χ1n) is 13.8. The number of amides is 3. The van der Waals surface area contributed by atoms with E-state index in [1.807, 2.05) is 18.9 Å². The third kappa shape index (κ3) is 8.22. The number of benzene rings is 1. The molecule has 39 heavy (non-hydrogen) atoms. The zero-order valence-corrected chi connectivity index (χ0v) is 23.7. The number of halogens is 1. The average Bonchev–Trinajstić information content (AvgIpc) is 3.58. The minimum Gasteiger partial charge on any atom is -0.376 e. The Morgan fingerprint density at radius 1 is 1.23 bits per heavy atom. The molecule has 0 aliphatic carbocycles. The van der Waals surface area contributed by atoms with Gasteiger partial charge in [0.25, 0.3) is 0 Å². The summed E-state index contributed by atoms with van der Waals surface area (Å²) < 4.78 is 19.1. The lowest BCUT2D eigenvalue weighted by Gasteiger charge is -2.35. The molecule has 2 N–H and O–H groups in total. The van der Waals surface area contributed by atoms with Gasteiger partial charge >= 0.3 is 0 Å². The number of hydrogen-bond acceptors (Lipinski definition) is 7. The normalized spacial score (nSPS) is 21.1. The molecule has 0 spiro atoms. The molecule has 5 atom stereocenters. The van der Waals surface area contributed by atoms with Crippen molar-refractivity contribution in [3.63, 3.8) is 0 Å². The average molecular weight is 547 g/mol. The zero-order valence-electron chi connectivity index (χ0n) is 23.7. The Kier molecular flexibility index (Phi) is 11.2. The molecule has 0 bridgehead atoms. The molecule has 0 radical (unpaired) electrons. The number of likely N-dealkylation sites (tertiary alicyclic amines) is 1. The fourth-order valence-corrected chi connectivity index (χ4v) is 5.02. The van der Waals surface area contributed by atoms with Gasteiger partial charge in [0.15, 0.2) is 0 Å². The minimum absolute atomic E-state index is 0.0904. The molecule has 1 unspecified atom stereocenters. The van der Waals surface area contributed by atoms with Crippen LogP contribution in [0.25, 0.3) is 0 Å². The smallest absolute Gasteiger partial charge is 0.249 e. The molecule has 3 amide bonds. The van der Waals surface area contributed by atoms with E-state index in [1.165, 1.54) is 12.1 Å². The highest BCUT2D eigenvalue weighted by atomic mass is 19.1. The molecule has 2 aliphatic rings. The molecule has 1 aromatic rings. The summed E-state index contributed by atoms with van der Waals surface area (Å²) >= 11 is 0. The summed E-state index contributed by atoms with van der Waals surface area (Å²) in [6, 6.07) is 4.27. The van der Waals surface area contributed by atoms with Gasteiger partial charge in [-0.3, -0.25) is 19.4 Å². The van der Waals surface area contributed by atoms with Crippen LogP contribution in [0.1, 0.15) is 39.2 Å². The second-order valence-electron chi connectivity index (χ2n) is 10.4. The number of carbonyl (C=O) groups excluding carboxylic acids is 3. The Labute approximate surface area is 230 Å². The highest BCUT2D eigenvalue weighted by molar-refractivity contribution is 5.90. The fourth-order valence-electron chi connectivity index (χ4n) is 5.02. The topological polar surface area (TPSA) is 107 Å². The minimum atomic E-state index is -0.842. The molecule has 216 valence electrons. The molecule has 1 fully saturated rings. The molecule has 1 saturated heterocycles. The van der Waals surface area contributed by atoms with Crippen LogP contribution in [0.15, 0.2) is 29.3 Å². The van der Waals surface area contributed by atoms with Gasteiger partial charge in [-0.2, -0.15) is 0 Å². The van der Waals surface area contributed by atoms with E-state index < -0.39 is 24.2 Å². The van der Waals surface area contributed by atoms with Crippen molar-refractivity contribution in [3.8, 4) is 0 Å². The number of carbonyl (C=O) groups is 3. The monoisotopic (exact) mass is 546 g/mol. The predicted octanol–water partition coefficient (Wildman–Crippen LogP) is 1.05. The van der Waals surface area contributed by atoms with Crippen LogP contribution >= 0.6 is 0 Å². The van der Waals surface area contributed by atoms with E-state index in [9.17, 15) is 18.8 Å². The van der Waals surface area contributed by atoms with Crippen molar-refractivity contribution >= 4 is 24.1 Å². The van der Waals surface area contributed by atoms with Gasteiger partial charge in [-0.25, -0.2) is 4.39 Å². The Bertz CT molecular complexity index is 1010. The number of aliphatic imine (C=N–C) groups is 1. The Morgan fingerprint density at radius 2 is 1.95 bits per heavy atom. The molecule has 3 rings (SSSR count). The van der Waals surface area contributed by atoms with E-state index in [0.29, 0.717) is 39.2 Å². The molecule has 0 aromatic heterocycles. The van der Waals surface area contributed by atoms with Crippen molar-refractivity contribution < 1.29 is 23.5 Å². The Balaban J connectivity index is 1.77. The van der Waals surface area contributed by atoms with Gasteiger partial charge in [0, 0.05) is 45.9 Å². The van der Waals surface area contributed by atoms with Crippen molar-refractivity contribution in [2.24, 2.45) is 4.99 Å². The highest BCUT2D eigenvalue weighted by Crippen LogP contribution is 2.22. The quantitative estimate of drug-likeness (QED) is 0.383. The first-order valence-corrected chi connectivity index (χ1v) is 13.8. The highest BCUT2D eigenvalue weighted by Gasteiger charge is 2.39. The molecule has 2 heterocycles. The largest absolute Gasteiger partial charge is 0.376 e. The van der Waals surface area contributed by atoms with Gasteiger partial charge in [-0.05, 0) is 64.8 Å². The van der Waals surface area contributed by atoms with E-state index in [2.05, 4.69) is 15.6 Å². The van der Waals surface area contributed by atoms with Gasteiger partial charge in [0.05, 0.1) is 18.5 Å². The Morgan fingerprint density at radius 3 is 2.56 bits per heavy atom. The van der Waals surface area contributed by atoms with Crippen molar-refractivity contribution in [2.75, 3.05) is 46.9 Å². The third-order valence-corrected chi connectivity index (χ3v) is 7.47. The lowest BCUT2D eigenvalue weighted by atomic mass is 10.1. The summed E-state index contributed by atoms with van der Waals surface area (Å²) in [5.41, 5.74) is 0.924. The SMILES string of the molecule is CCO[C@H](C)[C@H](NC(=O)[C@H](C)NC)C(=O)N1CCC[C@H]1CN(CCc1ccc(F)cc1)C(=O)C1CN(C)C=N1. The molecular weight excluding hydrogens is 503 g/mol. The van der Waals surface area contributed by atoms with Crippen molar-refractivity contribution in [1.82, 2.24) is 25.3 Å². The molecular formula is C28H43FN6O4. The van der Waals surface area contributed by atoms with Crippen molar-refractivity contribution in [3.05, 3.63) is 35.6 Å². The first kappa shape index (κ1) is 30.5. The summed E-state index contributed by atoms with van der Waals surface area (Å²) in [7, 11) is 3.56. The van der Waals surface area contributed by atoms with E-state index >= 15 is 0 Å². The maximum Gasteiger partial charge on any atom is 0.249 e. The second kappa shape index (κ2) is 14.4. The van der Waals surface area contributed by atoms with Crippen molar-refractivity contribution in [1.29, 1.82) is 0 Å². The second-order valence-corrected chi connectivity index (χ2v) is 10.4. The molecule has 2 aliphatic heterocycles. The summed E-state index contributed by atoms with van der Waals surface area (Å²) in [5, 5.41) is 5.77. The maximum absolute atomic E-state index is 13.8. The van der Waals surface area contributed by atoms with E-state index in [-0.39, 0.29) is 29.6 Å². The van der Waals surface area contributed by atoms with E-state index in [1.54, 1.807) is 49.2 Å². The standard InChI is InChI=1S/C28H43FN6O4/c1-6-39-20(3)25(32-26(36)19(2)30-4)28(38)35-14-7-8-23(35)16-34(27(37)24-17-33(5)18-31-24)15-13-21-9-11-22(29)12-10-21/h9-12,18-20,23-25,30H,6-8,13-17H2,1-5H3,(H,32,36)/t19-,20+,23-,24?,25-/m0/s1. The number of likely N-dealkylation sites (N-methyl/N-ethyl adjacent to an activating group) is 2.